The number of Topliss-reactive ketones (excluding diaryl/α,β-unsaturated/α-hetero) is 1. The Bertz CT molecular complexity index is 641. The summed E-state index contributed by atoms with van der Waals surface area (Å²) in [4.78, 5) is 15.9. The van der Waals surface area contributed by atoms with Gasteiger partial charge in [-0.05, 0) is 30.2 Å². The fourth-order valence-corrected chi connectivity index (χ4v) is 1.74. The molecule has 1 aromatic carbocycles. The quantitative estimate of drug-likeness (QED) is 0.865. The van der Waals surface area contributed by atoms with Crippen molar-refractivity contribution in [2.45, 2.75) is 13.3 Å². The molecule has 0 fully saturated rings. The zero-order valence-corrected chi connectivity index (χ0v) is 10.3. The number of halogens is 2. The first kappa shape index (κ1) is 13.1. The number of carbonyl (C=O) groups is 1. The van der Waals surface area contributed by atoms with Crippen LogP contribution in [0.3, 0.4) is 0 Å². The Kier molecular flexibility index (Phi) is 3.55. The molecule has 0 saturated carbocycles. The number of ketones is 1. The fraction of sp³-hybridized carbons (Fsp3) is 0.143. The van der Waals surface area contributed by atoms with Crippen molar-refractivity contribution in [3.63, 3.8) is 0 Å². The molecule has 1 aromatic heterocycles. The van der Waals surface area contributed by atoms with E-state index in [9.17, 15) is 13.6 Å². The summed E-state index contributed by atoms with van der Waals surface area (Å²) in [6.45, 7) is 1.78. The normalized spacial score (nSPS) is 10.5. The molecule has 0 aliphatic heterocycles. The minimum atomic E-state index is -0.743. The van der Waals surface area contributed by atoms with Gasteiger partial charge in [0.2, 0.25) is 0 Å². The number of hydrogen-bond donors (Lipinski definition) is 1. The molecule has 0 radical (unpaired) electrons. The van der Waals surface area contributed by atoms with E-state index in [2.05, 4.69) is 4.98 Å². The molecule has 0 aliphatic carbocycles. The van der Waals surface area contributed by atoms with Gasteiger partial charge in [-0.25, -0.2) is 13.8 Å². The van der Waals surface area contributed by atoms with Crippen LogP contribution in [0.1, 0.15) is 21.5 Å². The van der Waals surface area contributed by atoms with Crippen molar-refractivity contribution >= 4 is 11.6 Å². The Morgan fingerprint density at radius 1 is 1.32 bits per heavy atom. The van der Waals surface area contributed by atoms with E-state index in [4.69, 9.17) is 5.73 Å². The lowest BCUT2D eigenvalue weighted by molar-refractivity contribution is 0.0992. The average molecular weight is 262 g/mol. The third-order valence-electron chi connectivity index (χ3n) is 2.72. The topological polar surface area (TPSA) is 56.0 Å². The molecule has 3 nitrogen and oxygen atoms in total. The SMILES string of the molecule is Cc1cnc(N)c(C(=O)Cc2ccc(F)cc2F)c1. The van der Waals surface area contributed by atoms with Gasteiger partial charge >= 0.3 is 0 Å². The third kappa shape index (κ3) is 2.93. The number of nitrogens with two attached hydrogens (primary N) is 1. The molecule has 98 valence electrons. The molecule has 0 unspecified atom stereocenters. The highest BCUT2D eigenvalue weighted by molar-refractivity contribution is 6.01. The number of hydrogen-bond acceptors (Lipinski definition) is 3. The van der Waals surface area contributed by atoms with Crippen molar-refractivity contribution in [2.75, 3.05) is 5.73 Å². The van der Waals surface area contributed by atoms with Gasteiger partial charge in [0, 0.05) is 18.7 Å². The van der Waals surface area contributed by atoms with E-state index in [1.54, 1.807) is 19.2 Å². The maximum atomic E-state index is 13.5. The molecular formula is C14H12F2N2O. The minimum absolute atomic E-state index is 0.109. The van der Waals surface area contributed by atoms with Crippen molar-refractivity contribution in [3.05, 3.63) is 58.8 Å². The molecule has 0 atom stereocenters. The number of aryl methyl sites for hydroxylation is 1. The predicted octanol–water partition coefficient (Wildman–Crippen LogP) is 2.68. The van der Waals surface area contributed by atoms with Gasteiger partial charge in [-0.3, -0.25) is 4.79 Å². The standard InChI is InChI=1S/C14H12F2N2O/c1-8-4-11(14(17)18-7-8)13(19)5-9-2-3-10(15)6-12(9)16/h2-4,6-7H,5H2,1H3,(H2,17,18). The van der Waals surface area contributed by atoms with Gasteiger partial charge < -0.3 is 5.73 Å². The van der Waals surface area contributed by atoms with Gasteiger partial charge in [0.1, 0.15) is 17.5 Å². The van der Waals surface area contributed by atoms with E-state index in [0.29, 0.717) is 0 Å². The number of pyridine rings is 1. The fourth-order valence-electron chi connectivity index (χ4n) is 1.74. The van der Waals surface area contributed by atoms with Crippen LogP contribution in [-0.4, -0.2) is 10.8 Å². The molecule has 5 heteroatoms. The zero-order valence-electron chi connectivity index (χ0n) is 10.3. The highest BCUT2D eigenvalue weighted by atomic mass is 19.1. The van der Waals surface area contributed by atoms with E-state index in [1.807, 2.05) is 0 Å². The molecule has 0 saturated heterocycles. The molecule has 0 aliphatic rings. The Morgan fingerprint density at radius 3 is 2.74 bits per heavy atom. The lowest BCUT2D eigenvalue weighted by Gasteiger charge is -2.06. The van der Waals surface area contributed by atoms with Gasteiger partial charge in [0.15, 0.2) is 5.78 Å². The van der Waals surface area contributed by atoms with Gasteiger partial charge in [0.05, 0.1) is 5.56 Å². The summed E-state index contributed by atoms with van der Waals surface area (Å²) in [7, 11) is 0. The van der Waals surface area contributed by atoms with E-state index in [0.717, 1.165) is 17.7 Å². The molecule has 2 rings (SSSR count). The average Bonchev–Trinajstić information content (AvgIpc) is 2.35. The van der Waals surface area contributed by atoms with Gasteiger partial charge in [0.25, 0.3) is 0 Å². The second-order valence-electron chi connectivity index (χ2n) is 4.28. The van der Waals surface area contributed by atoms with Crippen molar-refractivity contribution in [1.29, 1.82) is 0 Å². The first-order valence-electron chi connectivity index (χ1n) is 5.66. The van der Waals surface area contributed by atoms with Crippen LogP contribution in [0.4, 0.5) is 14.6 Å². The molecular weight excluding hydrogens is 250 g/mol. The predicted molar refractivity (Wildman–Crippen MR) is 67.8 cm³/mol. The van der Waals surface area contributed by atoms with Crippen LogP contribution in [0.5, 0.6) is 0 Å². The van der Waals surface area contributed by atoms with E-state index in [1.165, 1.54) is 6.07 Å². The summed E-state index contributed by atoms with van der Waals surface area (Å²) in [5.74, 6) is -1.66. The molecule has 1 heterocycles. The first-order valence-corrected chi connectivity index (χ1v) is 5.66. The van der Waals surface area contributed by atoms with Crippen LogP contribution in [0, 0.1) is 18.6 Å². The summed E-state index contributed by atoms with van der Waals surface area (Å²) in [5, 5.41) is 0. The van der Waals surface area contributed by atoms with Crippen LogP contribution in [0.2, 0.25) is 0 Å². The maximum Gasteiger partial charge on any atom is 0.171 e. The monoisotopic (exact) mass is 262 g/mol. The lowest BCUT2D eigenvalue weighted by atomic mass is 10.0. The highest BCUT2D eigenvalue weighted by Gasteiger charge is 2.14. The van der Waals surface area contributed by atoms with Crippen molar-refractivity contribution < 1.29 is 13.6 Å². The number of carbonyl (C=O) groups excluding carboxylic acids is 1. The Morgan fingerprint density at radius 2 is 2.05 bits per heavy atom. The highest BCUT2D eigenvalue weighted by Crippen LogP contribution is 2.16. The molecule has 0 bridgehead atoms. The van der Waals surface area contributed by atoms with Crippen LogP contribution in [0.15, 0.2) is 30.5 Å². The largest absolute Gasteiger partial charge is 0.383 e. The number of rotatable bonds is 3. The Hall–Kier alpha value is -2.30. The molecule has 0 amide bonds. The van der Waals surface area contributed by atoms with Crippen molar-refractivity contribution in [1.82, 2.24) is 4.98 Å². The number of nitrogens with zero attached hydrogens (tertiary/aromatic N) is 1. The van der Waals surface area contributed by atoms with Gasteiger partial charge in [-0.15, -0.1) is 0 Å². The smallest absolute Gasteiger partial charge is 0.171 e. The van der Waals surface area contributed by atoms with Crippen LogP contribution in [0.25, 0.3) is 0 Å². The second-order valence-corrected chi connectivity index (χ2v) is 4.28. The summed E-state index contributed by atoms with van der Waals surface area (Å²) in [6, 6.07) is 4.72. The van der Waals surface area contributed by atoms with Crippen LogP contribution < -0.4 is 5.73 Å². The molecule has 19 heavy (non-hydrogen) atoms. The van der Waals surface area contributed by atoms with E-state index < -0.39 is 11.6 Å². The van der Waals surface area contributed by atoms with Crippen molar-refractivity contribution in [3.8, 4) is 0 Å². The molecule has 2 aromatic rings. The summed E-state index contributed by atoms with van der Waals surface area (Å²) < 4.78 is 26.2. The number of aromatic nitrogens is 1. The Labute approximate surface area is 109 Å². The van der Waals surface area contributed by atoms with Crippen LogP contribution in [-0.2, 0) is 6.42 Å². The molecule has 0 spiro atoms. The van der Waals surface area contributed by atoms with Crippen molar-refractivity contribution in [2.24, 2.45) is 0 Å². The Balaban J connectivity index is 2.28. The van der Waals surface area contributed by atoms with E-state index >= 15 is 0 Å². The summed E-state index contributed by atoms with van der Waals surface area (Å²) in [6.07, 6.45) is 1.37. The summed E-state index contributed by atoms with van der Waals surface area (Å²) in [5.41, 5.74) is 6.79. The zero-order chi connectivity index (χ0) is 14.0. The number of benzene rings is 1. The van der Waals surface area contributed by atoms with Gasteiger partial charge in [-0.2, -0.15) is 0 Å². The number of anilines is 1. The van der Waals surface area contributed by atoms with E-state index in [-0.39, 0.29) is 29.1 Å². The first-order chi connectivity index (χ1) is 8.97. The summed E-state index contributed by atoms with van der Waals surface area (Å²) >= 11 is 0. The minimum Gasteiger partial charge on any atom is -0.383 e. The maximum absolute atomic E-state index is 13.5. The van der Waals surface area contributed by atoms with Crippen LogP contribution >= 0.6 is 0 Å². The van der Waals surface area contributed by atoms with Gasteiger partial charge in [-0.1, -0.05) is 6.07 Å². The second kappa shape index (κ2) is 5.14. The number of nitrogen functional groups attached to an aromatic ring is 1. The molecule has 2 N–H and O–H groups in total. The lowest BCUT2D eigenvalue weighted by Crippen LogP contribution is -2.10. The third-order valence-corrected chi connectivity index (χ3v) is 2.72.